The average molecular weight is 304 g/mol. The Labute approximate surface area is 128 Å². The second kappa shape index (κ2) is 6.47. The van der Waals surface area contributed by atoms with Crippen LogP contribution >= 0.6 is 0 Å². The Balaban J connectivity index is 2.29. The molecule has 2 aromatic rings. The Morgan fingerprint density at radius 3 is 2.55 bits per heavy atom. The number of phenolic OH excluding ortho intramolecular Hbond substituents is 1. The number of hydrogen-bond donors (Lipinski definition) is 1. The summed E-state index contributed by atoms with van der Waals surface area (Å²) in [5.74, 6) is -0.438. The molecular formula is C17H17FO4. The van der Waals surface area contributed by atoms with Crippen LogP contribution in [0, 0.1) is 12.7 Å². The number of aryl methyl sites for hydroxylation is 1. The largest absolute Gasteiger partial charge is 0.508 e. The van der Waals surface area contributed by atoms with E-state index in [1.165, 1.54) is 26.2 Å². The van der Waals surface area contributed by atoms with Crippen LogP contribution in [0.2, 0.25) is 0 Å². The lowest BCUT2D eigenvalue weighted by atomic mass is 9.99. The Morgan fingerprint density at radius 2 is 2.00 bits per heavy atom. The molecule has 4 nitrogen and oxygen atoms in total. The van der Waals surface area contributed by atoms with Crippen molar-refractivity contribution in [2.75, 3.05) is 7.11 Å². The zero-order valence-corrected chi connectivity index (χ0v) is 12.6. The van der Waals surface area contributed by atoms with Crippen molar-refractivity contribution in [3.63, 3.8) is 0 Å². The molecule has 0 aliphatic heterocycles. The van der Waals surface area contributed by atoms with Crippen LogP contribution in [-0.2, 0) is 11.2 Å². The quantitative estimate of drug-likeness (QED) is 0.695. The number of rotatable bonds is 4. The van der Waals surface area contributed by atoms with Crippen molar-refractivity contribution in [2.45, 2.75) is 20.3 Å². The number of esters is 1. The van der Waals surface area contributed by atoms with Gasteiger partial charge in [-0.25, -0.2) is 4.39 Å². The lowest BCUT2D eigenvalue weighted by Crippen LogP contribution is -2.02. The topological polar surface area (TPSA) is 55.8 Å². The molecule has 0 saturated heterocycles. The maximum atomic E-state index is 13.7. The lowest BCUT2D eigenvalue weighted by Gasteiger charge is -2.12. The molecule has 116 valence electrons. The van der Waals surface area contributed by atoms with Crippen LogP contribution in [0.15, 0.2) is 30.3 Å². The molecule has 0 aromatic heterocycles. The molecule has 0 bridgehead atoms. The molecule has 22 heavy (non-hydrogen) atoms. The van der Waals surface area contributed by atoms with E-state index in [4.69, 9.17) is 9.47 Å². The minimum atomic E-state index is -0.455. The molecule has 0 saturated carbocycles. The number of carbonyl (C=O) groups excluding carboxylic acids is 1. The van der Waals surface area contributed by atoms with Crippen LogP contribution < -0.4 is 9.47 Å². The van der Waals surface area contributed by atoms with Gasteiger partial charge in [0, 0.05) is 25.0 Å². The molecular weight excluding hydrogens is 287 g/mol. The Kier molecular flexibility index (Phi) is 4.65. The van der Waals surface area contributed by atoms with E-state index < -0.39 is 11.8 Å². The van der Waals surface area contributed by atoms with E-state index in [-0.39, 0.29) is 17.2 Å². The average Bonchev–Trinajstić information content (AvgIpc) is 2.42. The monoisotopic (exact) mass is 304 g/mol. The molecule has 5 heteroatoms. The van der Waals surface area contributed by atoms with E-state index in [9.17, 15) is 14.3 Å². The highest BCUT2D eigenvalue weighted by Crippen LogP contribution is 2.30. The predicted octanol–water partition coefficient (Wildman–Crippen LogP) is 3.36. The SMILES string of the molecule is COc1ccc(Cc2c(C)cc(OC(C)=O)cc2O)cc1F. The number of methoxy groups -OCH3 is 1. The fraction of sp³-hybridized carbons (Fsp3) is 0.235. The number of hydrogen-bond acceptors (Lipinski definition) is 4. The second-order valence-corrected chi connectivity index (χ2v) is 4.98. The first kappa shape index (κ1) is 15.8. The van der Waals surface area contributed by atoms with Gasteiger partial charge in [-0.2, -0.15) is 0 Å². The second-order valence-electron chi connectivity index (χ2n) is 4.98. The summed E-state index contributed by atoms with van der Waals surface area (Å²) >= 11 is 0. The number of halogens is 1. The molecule has 0 heterocycles. The molecule has 0 unspecified atom stereocenters. The fourth-order valence-corrected chi connectivity index (χ4v) is 2.24. The maximum Gasteiger partial charge on any atom is 0.308 e. The normalized spacial score (nSPS) is 10.4. The third-order valence-electron chi connectivity index (χ3n) is 3.28. The number of benzene rings is 2. The fourth-order valence-electron chi connectivity index (χ4n) is 2.24. The highest BCUT2D eigenvalue weighted by atomic mass is 19.1. The van der Waals surface area contributed by atoms with Crippen molar-refractivity contribution < 1.29 is 23.8 Å². The minimum absolute atomic E-state index is 0.00692. The van der Waals surface area contributed by atoms with Gasteiger partial charge < -0.3 is 14.6 Å². The Bertz CT molecular complexity index is 687. The molecule has 2 aromatic carbocycles. The summed E-state index contributed by atoms with van der Waals surface area (Å²) in [6.45, 7) is 3.09. The van der Waals surface area contributed by atoms with E-state index in [0.29, 0.717) is 17.5 Å². The zero-order valence-electron chi connectivity index (χ0n) is 12.6. The van der Waals surface area contributed by atoms with Gasteiger partial charge in [-0.3, -0.25) is 4.79 Å². The Hall–Kier alpha value is -2.56. The van der Waals surface area contributed by atoms with Crippen LogP contribution in [0.5, 0.6) is 17.2 Å². The smallest absolute Gasteiger partial charge is 0.308 e. The minimum Gasteiger partial charge on any atom is -0.508 e. The first-order valence-corrected chi connectivity index (χ1v) is 6.74. The van der Waals surface area contributed by atoms with Gasteiger partial charge in [0.1, 0.15) is 11.5 Å². The van der Waals surface area contributed by atoms with Crippen molar-refractivity contribution >= 4 is 5.97 Å². The molecule has 0 radical (unpaired) electrons. The van der Waals surface area contributed by atoms with E-state index in [1.54, 1.807) is 25.1 Å². The summed E-state index contributed by atoms with van der Waals surface area (Å²) < 4.78 is 23.5. The predicted molar refractivity (Wildman–Crippen MR) is 79.9 cm³/mol. The van der Waals surface area contributed by atoms with Crippen LogP contribution in [0.25, 0.3) is 0 Å². The summed E-state index contributed by atoms with van der Waals surface area (Å²) in [6.07, 6.45) is 0.360. The van der Waals surface area contributed by atoms with Gasteiger partial charge in [-0.1, -0.05) is 6.07 Å². The highest BCUT2D eigenvalue weighted by molar-refractivity contribution is 5.69. The molecule has 0 atom stereocenters. The first-order valence-electron chi connectivity index (χ1n) is 6.74. The van der Waals surface area contributed by atoms with Crippen LogP contribution in [0.3, 0.4) is 0 Å². The van der Waals surface area contributed by atoms with Crippen molar-refractivity contribution in [3.05, 3.63) is 52.8 Å². The summed E-state index contributed by atoms with van der Waals surface area (Å²) in [5.41, 5.74) is 2.12. The number of carbonyl (C=O) groups is 1. The van der Waals surface area contributed by atoms with Gasteiger partial charge in [-0.15, -0.1) is 0 Å². The summed E-state index contributed by atoms with van der Waals surface area (Å²) in [4.78, 5) is 11.0. The van der Waals surface area contributed by atoms with E-state index >= 15 is 0 Å². The third-order valence-corrected chi connectivity index (χ3v) is 3.28. The van der Waals surface area contributed by atoms with Gasteiger partial charge in [-0.05, 0) is 36.2 Å². The van der Waals surface area contributed by atoms with Crippen molar-refractivity contribution in [1.82, 2.24) is 0 Å². The molecule has 0 aliphatic rings. The van der Waals surface area contributed by atoms with Gasteiger partial charge in [0.05, 0.1) is 7.11 Å². The van der Waals surface area contributed by atoms with Gasteiger partial charge in [0.15, 0.2) is 11.6 Å². The molecule has 0 spiro atoms. The zero-order chi connectivity index (χ0) is 16.3. The standard InChI is InChI=1S/C17H17FO4/c1-10-6-13(22-11(2)19)9-16(20)14(10)7-12-4-5-17(21-3)15(18)8-12/h4-6,8-9,20H,7H2,1-3H3. The van der Waals surface area contributed by atoms with Gasteiger partial charge in [0.25, 0.3) is 0 Å². The molecule has 1 N–H and O–H groups in total. The van der Waals surface area contributed by atoms with Crippen LogP contribution in [0.1, 0.15) is 23.6 Å². The third kappa shape index (κ3) is 3.55. The van der Waals surface area contributed by atoms with E-state index in [0.717, 1.165) is 5.56 Å². The molecule has 2 rings (SSSR count). The first-order chi connectivity index (χ1) is 10.4. The number of ether oxygens (including phenoxy) is 2. The van der Waals surface area contributed by atoms with Gasteiger partial charge in [0.2, 0.25) is 0 Å². The van der Waals surface area contributed by atoms with Crippen molar-refractivity contribution in [3.8, 4) is 17.2 Å². The summed E-state index contributed by atoms with van der Waals surface area (Å²) in [6, 6.07) is 7.70. The van der Waals surface area contributed by atoms with Crippen molar-refractivity contribution in [2.24, 2.45) is 0 Å². The number of aromatic hydroxyl groups is 1. The van der Waals surface area contributed by atoms with Crippen molar-refractivity contribution in [1.29, 1.82) is 0 Å². The van der Waals surface area contributed by atoms with Crippen LogP contribution in [-0.4, -0.2) is 18.2 Å². The van der Waals surface area contributed by atoms with Gasteiger partial charge >= 0.3 is 5.97 Å². The molecule has 0 fully saturated rings. The summed E-state index contributed by atoms with van der Waals surface area (Å²) in [5, 5.41) is 10.1. The van der Waals surface area contributed by atoms with E-state index in [1.807, 2.05) is 0 Å². The number of phenols is 1. The maximum absolute atomic E-state index is 13.7. The summed E-state index contributed by atoms with van der Waals surface area (Å²) in [7, 11) is 1.40. The lowest BCUT2D eigenvalue weighted by molar-refractivity contribution is -0.131. The molecule has 0 aliphatic carbocycles. The highest BCUT2D eigenvalue weighted by Gasteiger charge is 2.12. The van der Waals surface area contributed by atoms with Crippen LogP contribution in [0.4, 0.5) is 4.39 Å². The Morgan fingerprint density at radius 1 is 1.27 bits per heavy atom. The van der Waals surface area contributed by atoms with E-state index in [2.05, 4.69) is 0 Å². The molecule has 0 amide bonds.